The summed E-state index contributed by atoms with van der Waals surface area (Å²) in [6, 6.07) is 2.43. The first kappa shape index (κ1) is 28.0. The van der Waals surface area contributed by atoms with Crippen LogP contribution in [0, 0.1) is 5.92 Å². The topological polar surface area (TPSA) is 71.9 Å². The van der Waals surface area contributed by atoms with Gasteiger partial charge >= 0.3 is 0 Å². The van der Waals surface area contributed by atoms with Crippen LogP contribution in [0.1, 0.15) is 46.0 Å². The van der Waals surface area contributed by atoms with Crippen LogP contribution in [0.2, 0.25) is 0 Å². The molecule has 2 N–H and O–H groups in total. The molecular formula is C24H45IN8. The van der Waals surface area contributed by atoms with Gasteiger partial charge in [0.05, 0.1) is 0 Å². The van der Waals surface area contributed by atoms with Crippen molar-refractivity contribution in [2.75, 3.05) is 70.9 Å². The number of aromatic nitrogens is 2. The van der Waals surface area contributed by atoms with Crippen LogP contribution in [0.25, 0.3) is 0 Å². The van der Waals surface area contributed by atoms with Gasteiger partial charge in [-0.15, -0.1) is 24.0 Å². The number of nitrogens with zero attached hydrogens (tertiary/aromatic N) is 6. The number of likely N-dealkylation sites (tertiary alicyclic amines) is 1. The summed E-state index contributed by atoms with van der Waals surface area (Å²) >= 11 is 0. The maximum absolute atomic E-state index is 4.45. The molecule has 2 saturated heterocycles. The predicted octanol–water partition coefficient (Wildman–Crippen LogP) is 2.67. The number of nitrogens with one attached hydrogen (secondary N) is 2. The molecule has 0 spiro atoms. The zero-order valence-electron chi connectivity index (χ0n) is 20.9. The number of aliphatic imine (C=N–C) groups is 1. The van der Waals surface area contributed by atoms with Crippen LogP contribution in [0.15, 0.2) is 23.5 Å². The lowest BCUT2D eigenvalue weighted by Crippen LogP contribution is -2.50. The summed E-state index contributed by atoms with van der Waals surface area (Å²) in [5, 5.41) is 7.11. The highest BCUT2D eigenvalue weighted by Crippen LogP contribution is 2.17. The molecule has 3 rings (SSSR count). The minimum Gasteiger partial charge on any atom is -0.356 e. The minimum atomic E-state index is 0. The Morgan fingerprint density at radius 3 is 2.24 bits per heavy atom. The Labute approximate surface area is 218 Å². The Morgan fingerprint density at radius 2 is 1.64 bits per heavy atom. The first-order valence-corrected chi connectivity index (χ1v) is 12.6. The molecule has 0 bridgehead atoms. The smallest absolute Gasteiger partial charge is 0.225 e. The molecule has 1 aromatic heterocycles. The van der Waals surface area contributed by atoms with Gasteiger partial charge in [0.2, 0.25) is 5.95 Å². The van der Waals surface area contributed by atoms with Crippen LogP contribution in [0.4, 0.5) is 5.95 Å². The zero-order chi connectivity index (χ0) is 22.6. The average Bonchev–Trinajstić information content (AvgIpc) is 3.11. The van der Waals surface area contributed by atoms with E-state index in [4.69, 9.17) is 0 Å². The molecule has 0 amide bonds. The third-order valence-electron chi connectivity index (χ3n) is 6.73. The van der Waals surface area contributed by atoms with E-state index in [0.717, 1.165) is 64.1 Å². The van der Waals surface area contributed by atoms with Gasteiger partial charge in [-0.2, -0.15) is 0 Å². The van der Waals surface area contributed by atoms with Crippen molar-refractivity contribution in [2.24, 2.45) is 10.9 Å². The lowest BCUT2D eigenvalue weighted by atomic mass is 10.0. The molecule has 1 unspecified atom stereocenters. The molecule has 3 heterocycles. The fourth-order valence-corrected chi connectivity index (χ4v) is 4.77. The molecule has 0 aliphatic carbocycles. The van der Waals surface area contributed by atoms with Gasteiger partial charge in [0.25, 0.3) is 0 Å². The summed E-state index contributed by atoms with van der Waals surface area (Å²) in [5.74, 6) is 2.42. The number of piperazine rings is 1. The molecule has 2 fully saturated rings. The van der Waals surface area contributed by atoms with Crippen LogP contribution < -0.4 is 15.5 Å². The number of halogens is 1. The lowest BCUT2D eigenvalue weighted by Gasteiger charge is -2.35. The molecule has 33 heavy (non-hydrogen) atoms. The molecule has 1 aromatic rings. The van der Waals surface area contributed by atoms with E-state index in [-0.39, 0.29) is 24.0 Å². The second kappa shape index (κ2) is 15.7. The molecule has 0 aromatic carbocycles. The lowest BCUT2D eigenvalue weighted by molar-refractivity contribution is 0.161. The highest BCUT2D eigenvalue weighted by molar-refractivity contribution is 14.0. The van der Waals surface area contributed by atoms with E-state index < -0.39 is 0 Å². The number of guanidine groups is 1. The first-order valence-electron chi connectivity index (χ1n) is 12.6. The molecule has 188 valence electrons. The van der Waals surface area contributed by atoms with Gasteiger partial charge in [0.1, 0.15) is 0 Å². The van der Waals surface area contributed by atoms with Crippen LogP contribution in [0.5, 0.6) is 0 Å². The number of rotatable bonds is 9. The highest BCUT2D eigenvalue weighted by Gasteiger charge is 2.23. The molecular weight excluding hydrogens is 527 g/mol. The van der Waals surface area contributed by atoms with Crippen LogP contribution in [-0.2, 0) is 0 Å². The molecule has 0 radical (unpaired) electrons. The Hall–Kier alpha value is -1.20. The van der Waals surface area contributed by atoms with E-state index in [0.29, 0.717) is 12.0 Å². The monoisotopic (exact) mass is 572 g/mol. The van der Waals surface area contributed by atoms with Gasteiger partial charge in [0.15, 0.2) is 5.96 Å². The van der Waals surface area contributed by atoms with Gasteiger partial charge in [-0.25, -0.2) is 9.97 Å². The van der Waals surface area contributed by atoms with Crippen LogP contribution in [-0.4, -0.2) is 97.7 Å². The molecule has 2 aliphatic heterocycles. The number of anilines is 1. The largest absolute Gasteiger partial charge is 0.356 e. The normalized spacial score (nSPS) is 19.6. The van der Waals surface area contributed by atoms with Crippen molar-refractivity contribution in [3.63, 3.8) is 0 Å². The van der Waals surface area contributed by atoms with Crippen molar-refractivity contribution >= 4 is 35.9 Å². The van der Waals surface area contributed by atoms with E-state index in [2.05, 4.69) is 54.1 Å². The van der Waals surface area contributed by atoms with Gasteiger partial charge in [-0.3, -0.25) is 14.8 Å². The zero-order valence-corrected chi connectivity index (χ0v) is 23.2. The predicted molar refractivity (Wildman–Crippen MR) is 149 cm³/mol. The maximum atomic E-state index is 4.45. The summed E-state index contributed by atoms with van der Waals surface area (Å²) < 4.78 is 0. The maximum Gasteiger partial charge on any atom is 0.225 e. The second-order valence-corrected chi connectivity index (χ2v) is 9.37. The number of hydrogen-bond donors (Lipinski definition) is 2. The van der Waals surface area contributed by atoms with E-state index in [1.54, 1.807) is 0 Å². The van der Waals surface area contributed by atoms with Crippen molar-refractivity contribution in [2.45, 2.75) is 52.0 Å². The molecule has 1 atom stereocenters. The SMILES string of the molecule is CN=C(NCCCN1CCN(c2ncccn2)CC1)NCC(C(C)C)N1CCCCCC1.I. The van der Waals surface area contributed by atoms with Gasteiger partial charge < -0.3 is 15.5 Å². The second-order valence-electron chi connectivity index (χ2n) is 9.37. The summed E-state index contributed by atoms with van der Waals surface area (Å²) in [4.78, 5) is 20.7. The number of hydrogen-bond acceptors (Lipinski definition) is 6. The van der Waals surface area contributed by atoms with E-state index in [9.17, 15) is 0 Å². The van der Waals surface area contributed by atoms with E-state index in [1.807, 2.05) is 25.5 Å². The van der Waals surface area contributed by atoms with E-state index >= 15 is 0 Å². The third kappa shape index (κ3) is 9.52. The van der Waals surface area contributed by atoms with Crippen molar-refractivity contribution in [1.82, 2.24) is 30.4 Å². The standard InChI is InChI=1S/C24H44N8.HI/c1-21(2)22(31-14-6-4-5-7-15-31)20-29-23(25-3)26-12-9-13-30-16-18-32(19-17-30)24-27-10-8-11-28-24;/h8,10-11,21-22H,4-7,9,12-20H2,1-3H3,(H2,25,26,29);1H. The summed E-state index contributed by atoms with van der Waals surface area (Å²) in [6.07, 6.45) is 10.2. The van der Waals surface area contributed by atoms with Crippen molar-refractivity contribution in [3.05, 3.63) is 18.5 Å². The van der Waals surface area contributed by atoms with Crippen LogP contribution in [0.3, 0.4) is 0 Å². The first-order chi connectivity index (χ1) is 15.7. The fourth-order valence-electron chi connectivity index (χ4n) is 4.77. The van der Waals surface area contributed by atoms with Gasteiger partial charge in [0, 0.05) is 64.8 Å². The van der Waals surface area contributed by atoms with E-state index in [1.165, 1.54) is 38.8 Å². The Morgan fingerprint density at radius 1 is 0.970 bits per heavy atom. The molecule has 8 nitrogen and oxygen atoms in total. The Bertz CT molecular complexity index is 656. The summed E-state index contributed by atoms with van der Waals surface area (Å²) in [6.45, 7) is 14.3. The van der Waals surface area contributed by atoms with Crippen LogP contribution >= 0.6 is 24.0 Å². The molecule has 0 saturated carbocycles. The minimum absolute atomic E-state index is 0. The highest BCUT2D eigenvalue weighted by atomic mass is 127. The van der Waals surface area contributed by atoms with Crippen molar-refractivity contribution in [1.29, 1.82) is 0 Å². The van der Waals surface area contributed by atoms with Gasteiger partial charge in [-0.05, 0) is 50.9 Å². The summed E-state index contributed by atoms with van der Waals surface area (Å²) in [7, 11) is 1.87. The van der Waals surface area contributed by atoms with Crippen molar-refractivity contribution < 1.29 is 0 Å². The Kier molecular flexibility index (Phi) is 13.3. The van der Waals surface area contributed by atoms with Gasteiger partial charge in [-0.1, -0.05) is 26.7 Å². The Balaban J connectivity index is 0.00000385. The fraction of sp³-hybridized carbons (Fsp3) is 0.792. The summed E-state index contributed by atoms with van der Waals surface area (Å²) in [5.41, 5.74) is 0. The molecule has 9 heteroatoms. The average molecular weight is 573 g/mol. The van der Waals surface area contributed by atoms with Crippen molar-refractivity contribution in [3.8, 4) is 0 Å². The third-order valence-corrected chi connectivity index (χ3v) is 6.73. The molecule has 2 aliphatic rings. The quantitative estimate of drug-likeness (QED) is 0.204.